The molecule has 0 aliphatic rings. The Morgan fingerprint density at radius 1 is 1.00 bits per heavy atom. The SMILES string of the molecule is Cc1csc(CCNc2nc(-c3ccncc3)nc3ccccc23)n1. The molecule has 0 atom stereocenters. The predicted octanol–water partition coefficient (Wildman–Crippen LogP) is 4.11. The van der Waals surface area contributed by atoms with Crippen LogP contribution in [-0.2, 0) is 6.42 Å². The first-order chi connectivity index (χ1) is 12.3. The molecule has 4 aromatic rings. The number of nitrogens with zero attached hydrogens (tertiary/aromatic N) is 4. The maximum Gasteiger partial charge on any atom is 0.162 e. The van der Waals surface area contributed by atoms with Gasteiger partial charge in [-0.3, -0.25) is 4.98 Å². The van der Waals surface area contributed by atoms with Crippen LogP contribution in [0.1, 0.15) is 10.7 Å². The minimum absolute atomic E-state index is 0.702. The molecule has 3 heterocycles. The molecule has 0 radical (unpaired) electrons. The number of aryl methyl sites for hydroxylation is 1. The highest BCUT2D eigenvalue weighted by molar-refractivity contribution is 7.09. The second-order valence-electron chi connectivity index (χ2n) is 5.71. The van der Waals surface area contributed by atoms with E-state index in [0.29, 0.717) is 5.82 Å². The molecule has 0 aliphatic heterocycles. The molecule has 0 amide bonds. The fourth-order valence-electron chi connectivity index (χ4n) is 2.65. The van der Waals surface area contributed by atoms with Crippen molar-refractivity contribution in [2.24, 2.45) is 0 Å². The van der Waals surface area contributed by atoms with Crippen LogP contribution >= 0.6 is 11.3 Å². The van der Waals surface area contributed by atoms with E-state index >= 15 is 0 Å². The highest BCUT2D eigenvalue weighted by Gasteiger charge is 2.09. The van der Waals surface area contributed by atoms with Gasteiger partial charge in [0.05, 0.1) is 10.5 Å². The van der Waals surface area contributed by atoms with E-state index in [1.165, 1.54) is 0 Å². The van der Waals surface area contributed by atoms with Gasteiger partial charge in [-0.05, 0) is 31.2 Å². The number of hydrogen-bond donors (Lipinski definition) is 1. The molecular weight excluding hydrogens is 330 g/mol. The monoisotopic (exact) mass is 347 g/mol. The summed E-state index contributed by atoms with van der Waals surface area (Å²) in [7, 11) is 0. The van der Waals surface area contributed by atoms with Crippen LogP contribution in [0.4, 0.5) is 5.82 Å². The van der Waals surface area contributed by atoms with Crippen molar-refractivity contribution < 1.29 is 0 Å². The molecule has 0 spiro atoms. The van der Waals surface area contributed by atoms with E-state index in [4.69, 9.17) is 4.98 Å². The molecule has 3 aromatic heterocycles. The maximum absolute atomic E-state index is 4.74. The van der Waals surface area contributed by atoms with Gasteiger partial charge in [-0.25, -0.2) is 15.0 Å². The number of pyridine rings is 1. The first-order valence-electron chi connectivity index (χ1n) is 8.12. The average molecular weight is 347 g/mol. The number of rotatable bonds is 5. The smallest absolute Gasteiger partial charge is 0.162 e. The summed E-state index contributed by atoms with van der Waals surface area (Å²) in [4.78, 5) is 18.0. The van der Waals surface area contributed by atoms with Gasteiger partial charge in [0.25, 0.3) is 0 Å². The van der Waals surface area contributed by atoms with Gasteiger partial charge in [0.15, 0.2) is 5.82 Å². The Hall–Kier alpha value is -2.86. The molecule has 0 saturated carbocycles. The molecule has 1 N–H and O–H groups in total. The Kier molecular flexibility index (Phi) is 4.35. The summed E-state index contributed by atoms with van der Waals surface area (Å²) < 4.78 is 0. The Balaban J connectivity index is 1.64. The minimum Gasteiger partial charge on any atom is -0.369 e. The number of aromatic nitrogens is 4. The van der Waals surface area contributed by atoms with Gasteiger partial charge in [0.1, 0.15) is 5.82 Å². The Morgan fingerprint density at radius 2 is 1.84 bits per heavy atom. The largest absolute Gasteiger partial charge is 0.369 e. The third-order valence-electron chi connectivity index (χ3n) is 3.84. The standard InChI is InChI=1S/C19H17N5S/c1-13-12-25-17(22-13)8-11-21-19-15-4-2-3-5-16(15)23-18(24-19)14-6-9-20-10-7-14/h2-7,9-10,12H,8,11H2,1H3,(H,21,23,24). The fourth-order valence-corrected chi connectivity index (χ4v) is 3.42. The number of thiazole rings is 1. The van der Waals surface area contributed by atoms with Crippen molar-refractivity contribution in [1.82, 2.24) is 19.9 Å². The second-order valence-corrected chi connectivity index (χ2v) is 6.65. The summed E-state index contributed by atoms with van der Waals surface area (Å²) in [5.74, 6) is 1.55. The Bertz CT molecular complexity index is 997. The maximum atomic E-state index is 4.74. The van der Waals surface area contributed by atoms with E-state index in [0.717, 1.165) is 46.0 Å². The zero-order valence-electron chi connectivity index (χ0n) is 13.8. The molecule has 25 heavy (non-hydrogen) atoms. The highest BCUT2D eigenvalue weighted by atomic mass is 32.1. The van der Waals surface area contributed by atoms with E-state index in [2.05, 4.69) is 25.6 Å². The van der Waals surface area contributed by atoms with Gasteiger partial charge in [0.2, 0.25) is 0 Å². The second kappa shape index (κ2) is 6.94. The van der Waals surface area contributed by atoms with Gasteiger partial charge in [-0.15, -0.1) is 11.3 Å². The van der Waals surface area contributed by atoms with Crippen molar-refractivity contribution in [2.75, 3.05) is 11.9 Å². The van der Waals surface area contributed by atoms with E-state index in [1.54, 1.807) is 23.7 Å². The first kappa shape index (κ1) is 15.7. The molecule has 124 valence electrons. The number of anilines is 1. The van der Waals surface area contributed by atoms with Crippen molar-refractivity contribution in [3.63, 3.8) is 0 Å². The highest BCUT2D eigenvalue weighted by Crippen LogP contribution is 2.24. The van der Waals surface area contributed by atoms with Crippen molar-refractivity contribution in [3.8, 4) is 11.4 Å². The summed E-state index contributed by atoms with van der Waals surface area (Å²) in [6.45, 7) is 2.80. The third-order valence-corrected chi connectivity index (χ3v) is 4.87. The lowest BCUT2D eigenvalue weighted by Crippen LogP contribution is -2.08. The number of benzene rings is 1. The molecular formula is C19H17N5S. The lowest BCUT2D eigenvalue weighted by Gasteiger charge is -2.10. The molecule has 0 saturated heterocycles. The van der Waals surface area contributed by atoms with Gasteiger partial charge in [-0.2, -0.15) is 0 Å². The van der Waals surface area contributed by atoms with E-state index in [1.807, 2.05) is 43.3 Å². The zero-order chi connectivity index (χ0) is 17.1. The quantitative estimate of drug-likeness (QED) is 0.588. The molecule has 4 rings (SSSR count). The summed E-state index contributed by atoms with van der Waals surface area (Å²) in [6.07, 6.45) is 4.39. The minimum atomic E-state index is 0.702. The van der Waals surface area contributed by atoms with E-state index in [-0.39, 0.29) is 0 Å². The first-order valence-corrected chi connectivity index (χ1v) is 8.99. The van der Waals surface area contributed by atoms with Crippen LogP contribution in [0.15, 0.2) is 54.2 Å². The number of nitrogens with one attached hydrogen (secondary N) is 1. The zero-order valence-corrected chi connectivity index (χ0v) is 14.6. The molecule has 0 fully saturated rings. The van der Waals surface area contributed by atoms with Crippen LogP contribution in [0.2, 0.25) is 0 Å². The molecule has 1 aromatic carbocycles. The van der Waals surface area contributed by atoms with Crippen molar-refractivity contribution in [1.29, 1.82) is 0 Å². The predicted molar refractivity (Wildman–Crippen MR) is 102 cm³/mol. The summed E-state index contributed by atoms with van der Waals surface area (Å²) in [5, 5.41) is 7.70. The molecule has 5 nitrogen and oxygen atoms in total. The van der Waals surface area contributed by atoms with E-state index < -0.39 is 0 Å². The summed E-state index contributed by atoms with van der Waals surface area (Å²) in [6, 6.07) is 11.9. The summed E-state index contributed by atoms with van der Waals surface area (Å²) in [5.41, 5.74) is 2.96. The Morgan fingerprint density at radius 3 is 2.64 bits per heavy atom. The van der Waals surface area contributed by atoms with Crippen LogP contribution in [-0.4, -0.2) is 26.5 Å². The Labute approximate surface area is 149 Å². The van der Waals surface area contributed by atoms with Crippen molar-refractivity contribution in [3.05, 3.63) is 64.9 Å². The van der Waals surface area contributed by atoms with Crippen LogP contribution < -0.4 is 5.32 Å². The van der Waals surface area contributed by atoms with Crippen LogP contribution in [0.5, 0.6) is 0 Å². The lowest BCUT2D eigenvalue weighted by atomic mass is 10.2. The average Bonchev–Trinajstić information content (AvgIpc) is 3.07. The van der Waals surface area contributed by atoms with Gasteiger partial charge < -0.3 is 5.32 Å². The number of para-hydroxylation sites is 1. The van der Waals surface area contributed by atoms with Crippen LogP contribution in [0.3, 0.4) is 0 Å². The molecule has 0 bridgehead atoms. The van der Waals surface area contributed by atoms with Crippen LogP contribution in [0.25, 0.3) is 22.3 Å². The van der Waals surface area contributed by atoms with Gasteiger partial charge >= 0.3 is 0 Å². The summed E-state index contributed by atoms with van der Waals surface area (Å²) >= 11 is 1.70. The number of hydrogen-bond acceptors (Lipinski definition) is 6. The van der Waals surface area contributed by atoms with Gasteiger partial charge in [-0.1, -0.05) is 12.1 Å². The molecule has 6 heteroatoms. The number of fused-ring (bicyclic) bond motifs is 1. The normalized spacial score (nSPS) is 10.9. The third kappa shape index (κ3) is 3.49. The van der Waals surface area contributed by atoms with Crippen molar-refractivity contribution in [2.45, 2.75) is 13.3 Å². The van der Waals surface area contributed by atoms with Gasteiger partial charge in [0, 0.05) is 47.4 Å². The van der Waals surface area contributed by atoms with E-state index in [9.17, 15) is 0 Å². The lowest BCUT2D eigenvalue weighted by molar-refractivity contribution is 0.978. The van der Waals surface area contributed by atoms with Crippen molar-refractivity contribution >= 4 is 28.1 Å². The topological polar surface area (TPSA) is 63.6 Å². The molecule has 0 aliphatic carbocycles. The van der Waals surface area contributed by atoms with Crippen LogP contribution in [0, 0.1) is 6.92 Å². The molecule has 0 unspecified atom stereocenters. The fraction of sp³-hybridized carbons (Fsp3) is 0.158.